The molecule has 0 unspecified atom stereocenters. The molecule has 0 atom stereocenters. The van der Waals surface area contributed by atoms with Crippen LogP contribution in [0.5, 0.6) is 5.88 Å². The van der Waals surface area contributed by atoms with E-state index >= 15 is 0 Å². The van der Waals surface area contributed by atoms with Crippen molar-refractivity contribution in [2.75, 3.05) is 6.61 Å². The van der Waals surface area contributed by atoms with Crippen LogP contribution < -0.4 is 4.74 Å². The smallest absolute Gasteiger partial charge is 0.435 e. The van der Waals surface area contributed by atoms with E-state index < -0.39 is 16.9 Å². The Bertz CT molecular complexity index is 666. The monoisotopic (exact) mass is 324 g/mol. The summed E-state index contributed by atoms with van der Waals surface area (Å²) < 4.78 is 12.1. The molecule has 3 fully saturated rings. The van der Waals surface area contributed by atoms with Crippen LogP contribution in [0, 0.1) is 16.7 Å². The van der Waals surface area contributed by atoms with Crippen molar-refractivity contribution < 1.29 is 14.3 Å². The first kappa shape index (κ1) is 16.1. The van der Waals surface area contributed by atoms with E-state index in [0.29, 0.717) is 22.6 Å². The summed E-state index contributed by atoms with van der Waals surface area (Å²) in [5.74, 6) is 0.682. The zero-order valence-corrected chi connectivity index (χ0v) is 14.5. The summed E-state index contributed by atoms with van der Waals surface area (Å²) in [7, 11) is 12.8. The zero-order chi connectivity index (χ0) is 17.4. The normalized spacial score (nSPS) is 23.3. The van der Waals surface area contributed by atoms with Crippen molar-refractivity contribution in [1.29, 1.82) is 0 Å². The Morgan fingerprint density at radius 2 is 1.88 bits per heavy atom. The van der Waals surface area contributed by atoms with Gasteiger partial charge in [-0.25, -0.2) is 4.79 Å². The molecule has 0 aromatic carbocycles. The highest BCUT2D eigenvalue weighted by Crippen LogP contribution is 2.95. The standard InChI is InChI=1S/C17H22B2N2O3/c1-14(2,3)24-13(22)21-9-4-11(20-21)23-10-17(18,19)12-15(5-6-15)16(12)7-8-16/h4,9,12H,5-8,10H2,1-3H3. The highest BCUT2D eigenvalue weighted by Gasteiger charge is 2.88. The largest absolute Gasteiger partial charge is 0.478 e. The van der Waals surface area contributed by atoms with Crippen LogP contribution in [0.3, 0.4) is 0 Å². The molecule has 0 amide bonds. The summed E-state index contributed by atoms with van der Waals surface area (Å²) in [6, 6.07) is 1.62. The predicted octanol–water partition coefficient (Wildman–Crippen LogP) is 2.69. The van der Waals surface area contributed by atoms with Crippen molar-refractivity contribution >= 4 is 21.8 Å². The number of carbonyl (C=O) groups excluding carboxylic acids is 1. The Balaban J connectivity index is 1.36. The van der Waals surface area contributed by atoms with E-state index in [1.165, 1.54) is 31.9 Å². The quantitative estimate of drug-likeness (QED) is 0.799. The van der Waals surface area contributed by atoms with Crippen molar-refractivity contribution in [3.8, 4) is 5.88 Å². The van der Waals surface area contributed by atoms with Gasteiger partial charge >= 0.3 is 6.09 Å². The van der Waals surface area contributed by atoms with Crippen LogP contribution in [-0.4, -0.2) is 43.8 Å². The Labute approximate surface area is 145 Å². The molecule has 124 valence electrons. The number of nitrogens with zero attached hydrogens (tertiary/aromatic N) is 2. The molecule has 1 aromatic rings. The molecule has 4 rings (SSSR count). The molecule has 7 heteroatoms. The summed E-state index contributed by atoms with van der Waals surface area (Å²) in [5, 5.41) is 3.25. The molecule has 4 radical (unpaired) electrons. The molecule has 1 heterocycles. The fraction of sp³-hybridized carbons (Fsp3) is 0.765. The molecule has 24 heavy (non-hydrogen) atoms. The summed E-state index contributed by atoms with van der Waals surface area (Å²) in [4.78, 5) is 12.0. The predicted molar refractivity (Wildman–Crippen MR) is 90.4 cm³/mol. The summed E-state index contributed by atoms with van der Waals surface area (Å²) in [5.41, 5.74) is 0.252. The minimum atomic E-state index is -0.845. The highest BCUT2D eigenvalue weighted by molar-refractivity contribution is 6.40. The van der Waals surface area contributed by atoms with Crippen LogP contribution in [0.15, 0.2) is 12.3 Å². The second kappa shape index (κ2) is 4.61. The molecular formula is C17H22B2N2O3. The first-order valence-corrected chi connectivity index (χ1v) is 8.59. The van der Waals surface area contributed by atoms with Crippen molar-refractivity contribution in [3.63, 3.8) is 0 Å². The third-order valence-corrected chi connectivity index (χ3v) is 5.74. The fourth-order valence-electron chi connectivity index (χ4n) is 4.69. The van der Waals surface area contributed by atoms with Gasteiger partial charge in [-0.3, -0.25) is 0 Å². The van der Waals surface area contributed by atoms with Crippen molar-refractivity contribution in [1.82, 2.24) is 9.78 Å². The lowest BCUT2D eigenvalue weighted by Gasteiger charge is -2.26. The number of rotatable bonds is 4. The number of hydrogen-bond acceptors (Lipinski definition) is 4. The molecule has 0 bridgehead atoms. The van der Waals surface area contributed by atoms with E-state index in [9.17, 15) is 4.79 Å². The van der Waals surface area contributed by atoms with Gasteiger partial charge in [0.1, 0.15) is 5.60 Å². The van der Waals surface area contributed by atoms with Gasteiger partial charge < -0.3 is 9.47 Å². The van der Waals surface area contributed by atoms with Crippen LogP contribution in [0.1, 0.15) is 46.5 Å². The van der Waals surface area contributed by atoms with Crippen LogP contribution >= 0.6 is 0 Å². The fourth-order valence-corrected chi connectivity index (χ4v) is 4.69. The van der Waals surface area contributed by atoms with Gasteiger partial charge in [0.15, 0.2) is 0 Å². The van der Waals surface area contributed by atoms with Crippen molar-refractivity contribution in [3.05, 3.63) is 12.3 Å². The summed E-state index contributed by atoms with van der Waals surface area (Å²) in [6.07, 6.45) is 5.98. The molecular weight excluding hydrogens is 302 g/mol. The molecule has 3 aliphatic rings. The highest BCUT2D eigenvalue weighted by atomic mass is 16.6. The van der Waals surface area contributed by atoms with Gasteiger partial charge in [0, 0.05) is 12.3 Å². The zero-order valence-electron chi connectivity index (χ0n) is 14.5. The summed E-state index contributed by atoms with van der Waals surface area (Å²) >= 11 is 0. The molecule has 0 N–H and O–H groups in total. The second-order valence-electron chi connectivity index (χ2n) is 8.73. The van der Waals surface area contributed by atoms with Crippen LogP contribution in [-0.2, 0) is 4.74 Å². The molecule has 0 saturated heterocycles. The van der Waals surface area contributed by atoms with Gasteiger partial charge in [0.2, 0.25) is 5.88 Å². The van der Waals surface area contributed by atoms with Gasteiger partial charge in [-0.15, -0.1) is 5.10 Å². The number of ether oxygens (including phenoxy) is 2. The first-order chi connectivity index (χ1) is 11.1. The minimum Gasteiger partial charge on any atom is -0.478 e. The second-order valence-corrected chi connectivity index (χ2v) is 8.73. The van der Waals surface area contributed by atoms with Gasteiger partial charge in [-0.1, -0.05) is 5.21 Å². The minimum absolute atomic E-state index is 0.201. The number of fused-ring (bicyclic) bond motifs is 1. The van der Waals surface area contributed by atoms with Crippen LogP contribution in [0.2, 0.25) is 5.21 Å². The lowest BCUT2D eigenvalue weighted by Crippen LogP contribution is -2.28. The molecule has 3 aliphatic carbocycles. The Hall–Kier alpha value is -1.39. The van der Waals surface area contributed by atoms with Crippen LogP contribution in [0.25, 0.3) is 0 Å². The lowest BCUT2D eigenvalue weighted by atomic mass is 9.51. The Morgan fingerprint density at radius 1 is 1.29 bits per heavy atom. The van der Waals surface area contributed by atoms with Crippen molar-refractivity contribution in [2.45, 2.75) is 57.3 Å². The Kier molecular flexibility index (Phi) is 3.09. The molecule has 1 aromatic heterocycles. The van der Waals surface area contributed by atoms with E-state index in [0.717, 1.165) is 4.68 Å². The van der Waals surface area contributed by atoms with Crippen molar-refractivity contribution in [2.24, 2.45) is 16.7 Å². The first-order valence-electron chi connectivity index (χ1n) is 8.59. The van der Waals surface area contributed by atoms with Gasteiger partial charge in [-0.2, -0.15) is 4.68 Å². The SMILES string of the molecule is [B]C([B])(COc1ccn(C(=O)OC(C)(C)C)n1)C1C2(CC2)C12CC2. The number of carbonyl (C=O) groups is 1. The maximum Gasteiger partial charge on any atom is 0.435 e. The molecule has 5 nitrogen and oxygen atoms in total. The van der Waals surface area contributed by atoms with Gasteiger partial charge in [0.05, 0.1) is 22.3 Å². The number of hydrogen-bond donors (Lipinski definition) is 0. The molecule has 2 spiro atoms. The Morgan fingerprint density at radius 3 is 2.38 bits per heavy atom. The summed E-state index contributed by atoms with van der Waals surface area (Å²) in [6.45, 7) is 5.62. The molecule has 3 saturated carbocycles. The maximum atomic E-state index is 12.0. The number of aromatic nitrogens is 2. The van der Waals surface area contributed by atoms with E-state index in [4.69, 9.17) is 25.2 Å². The van der Waals surface area contributed by atoms with E-state index in [1.54, 1.807) is 26.8 Å². The maximum absolute atomic E-state index is 12.0. The third-order valence-electron chi connectivity index (χ3n) is 5.74. The van der Waals surface area contributed by atoms with E-state index in [-0.39, 0.29) is 6.61 Å². The lowest BCUT2D eigenvalue weighted by molar-refractivity contribution is 0.0511. The van der Waals surface area contributed by atoms with Gasteiger partial charge in [0.25, 0.3) is 0 Å². The van der Waals surface area contributed by atoms with E-state index in [2.05, 4.69) is 5.10 Å². The third kappa shape index (κ3) is 2.39. The van der Waals surface area contributed by atoms with Crippen LogP contribution in [0.4, 0.5) is 4.79 Å². The topological polar surface area (TPSA) is 53.4 Å². The van der Waals surface area contributed by atoms with Gasteiger partial charge in [-0.05, 0) is 63.2 Å². The average Bonchev–Trinajstić information content (AvgIpc) is 3.40. The van der Waals surface area contributed by atoms with E-state index in [1.807, 2.05) is 0 Å². The molecule has 0 aliphatic heterocycles. The average molecular weight is 324 g/mol.